The van der Waals surface area contributed by atoms with Gasteiger partial charge in [0.1, 0.15) is 0 Å². The maximum Gasteiger partial charge on any atom is 0.283 e. The van der Waals surface area contributed by atoms with Gasteiger partial charge in [0, 0.05) is 36.6 Å². The van der Waals surface area contributed by atoms with Crippen molar-refractivity contribution in [2.45, 2.75) is 33.6 Å². The van der Waals surface area contributed by atoms with E-state index in [1.54, 1.807) is 18.2 Å². The van der Waals surface area contributed by atoms with Crippen LogP contribution in [0.4, 0.5) is 5.69 Å². The number of non-ortho nitro benzene ring substituents is 1. The van der Waals surface area contributed by atoms with Gasteiger partial charge in [-0.15, -0.1) is 5.10 Å². The number of aliphatic imine (C=N–C) groups is 1. The Morgan fingerprint density at radius 3 is 2.59 bits per heavy atom. The van der Waals surface area contributed by atoms with Crippen molar-refractivity contribution in [3.8, 4) is 5.69 Å². The van der Waals surface area contributed by atoms with Gasteiger partial charge in [0.25, 0.3) is 11.6 Å². The van der Waals surface area contributed by atoms with E-state index in [4.69, 9.17) is 5.41 Å². The lowest BCUT2D eigenvalue weighted by atomic mass is 10.1. The molecule has 0 bridgehead atoms. The number of aryl methyl sites for hydroxylation is 2. The van der Waals surface area contributed by atoms with Crippen LogP contribution in [0.5, 0.6) is 0 Å². The summed E-state index contributed by atoms with van der Waals surface area (Å²) in [5, 5.41) is 27.1. The second-order valence-electron chi connectivity index (χ2n) is 8.49. The molecule has 34 heavy (non-hydrogen) atoms. The molecular formula is C23H23N7O3S. The molecule has 3 aliphatic heterocycles. The summed E-state index contributed by atoms with van der Waals surface area (Å²) in [5.74, 6) is -0.481. The minimum absolute atomic E-state index is 0.00645. The van der Waals surface area contributed by atoms with Gasteiger partial charge < -0.3 is 9.47 Å². The molecule has 10 nitrogen and oxygen atoms in total. The highest BCUT2D eigenvalue weighted by atomic mass is 32.2. The summed E-state index contributed by atoms with van der Waals surface area (Å²) in [6, 6.07) is 6.66. The van der Waals surface area contributed by atoms with Crippen LogP contribution in [0.2, 0.25) is 0 Å². The van der Waals surface area contributed by atoms with Crippen LogP contribution >= 0.6 is 11.8 Å². The first-order valence-corrected chi connectivity index (χ1v) is 11.8. The SMILES string of the molecule is Cc1ccc([N+](=O)[O-])cc1-n1c(C)cc(/C=C2\C(=N)N3N=C(N4CCCC4)SC3=NC2=O)c1C. The second kappa shape index (κ2) is 8.24. The van der Waals surface area contributed by atoms with Crippen molar-refractivity contribution in [1.29, 1.82) is 5.41 Å². The van der Waals surface area contributed by atoms with Crippen LogP contribution in [0.25, 0.3) is 11.8 Å². The molecule has 0 atom stereocenters. The molecule has 174 valence electrons. The summed E-state index contributed by atoms with van der Waals surface area (Å²) in [6.07, 6.45) is 3.87. The molecule has 0 radical (unpaired) electrons. The maximum atomic E-state index is 12.8. The van der Waals surface area contributed by atoms with E-state index >= 15 is 0 Å². The maximum absolute atomic E-state index is 12.8. The van der Waals surface area contributed by atoms with Crippen LogP contribution < -0.4 is 0 Å². The molecule has 4 heterocycles. The number of amidine groups is 3. The zero-order valence-corrected chi connectivity index (χ0v) is 19.8. The Morgan fingerprint density at radius 1 is 1.15 bits per heavy atom. The van der Waals surface area contributed by atoms with Crippen LogP contribution in [-0.4, -0.2) is 54.6 Å². The number of hydrazone groups is 1. The largest absolute Gasteiger partial charge is 0.349 e. The Hall–Kier alpha value is -3.73. The van der Waals surface area contributed by atoms with Gasteiger partial charge in [-0.3, -0.25) is 20.3 Å². The fourth-order valence-electron chi connectivity index (χ4n) is 4.43. The highest BCUT2D eigenvalue weighted by Gasteiger charge is 2.37. The molecule has 1 saturated heterocycles. The van der Waals surface area contributed by atoms with E-state index in [1.807, 2.05) is 31.4 Å². The number of likely N-dealkylation sites (tertiary alicyclic amines) is 1. The highest BCUT2D eigenvalue weighted by Crippen LogP contribution is 2.32. The number of carbonyl (C=O) groups excluding carboxylic acids is 1. The van der Waals surface area contributed by atoms with Crippen molar-refractivity contribution in [2.24, 2.45) is 10.1 Å². The van der Waals surface area contributed by atoms with E-state index in [1.165, 1.54) is 22.8 Å². The number of rotatable bonds is 3. The van der Waals surface area contributed by atoms with E-state index in [0.717, 1.165) is 53.6 Å². The minimum atomic E-state index is -0.474. The van der Waals surface area contributed by atoms with Crippen molar-refractivity contribution in [3.05, 3.63) is 62.5 Å². The van der Waals surface area contributed by atoms with Gasteiger partial charge in [0.05, 0.1) is 16.2 Å². The monoisotopic (exact) mass is 477 g/mol. The number of amides is 1. The molecule has 1 N–H and O–H groups in total. The van der Waals surface area contributed by atoms with Crippen LogP contribution in [0, 0.1) is 36.3 Å². The third-order valence-electron chi connectivity index (χ3n) is 6.23. The molecule has 0 aliphatic carbocycles. The zero-order chi connectivity index (χ0) is 24.1. The van der Waals surface area contributed by atoms with E-state index in [0.29, 0.717) is 10.9 Å². The number of nitro groups is 1. The first-order chi connectivity index (χ1) is 16.2. The molecule has 0 saturated carbocycles. The van der Waals surface area contributed by atoms with Gasteiger partial charge in [-0.1, -0.05) is 6.07 Å². The number of nitrogens with one attached hydrogen (secondary N) is 1. The summed E-state index contributed by atoms with van der Waals surface area (Å²) in [6.45, 7) is 7.52. The molecule has 0 spiro atoms. The number of benzene rings is 1. The number of thioether (sulfide) groups is 1. The van der Waals surface area contributed by atoms with Crippen molar-refractivity contribution >= 4 is 45.6 Å². The van der Waals surface area contributed by atoms with Crippen molar-refractivity contribution < 1.29 is 9.72 Å². The zero-order valence-electron chi connectivity index (χ0n) is 19.0. The second-order valence-corrected chi connectivity index (χ2v) is 9.42. The van der Waals surface area contributed by atoms with Crippen molar-refractivity contribution in [3.63, 3.8) is 0 Å². The van der Waals surface area contributed by atoms with E-state index in [2.05, 4.69) is 15.0 Å². The third kappa shape index (κ3) is 3.61. The Morgan fingerprint density at radius 2 is 1.88 bits per heavy atom. The number of aromatic nitrogens is 1. The Kier molecular flexibility index (Phi) is 5.35. The normalized spacial score (nSPS) is 19.1. The highest BCUT2D eigenvalue weighted by molar-refractivity contribution is 8.26. The fraction of sp³-hybridized carbons (Fsp3) is 0.304. The molecule has 1 aromatic carbocycles. The number of hydrogen-bond acceptors (Lipinski definition) is 7. The van der Waals surface area contributed by atoms with Gasteiger partial charge in [-0.2, -0.15) is 10.0 Å². The molecule has 3 aliphatic rings. The van der Waals surface area contributed by atoms with Crippen LogP contribution in [0.15, 0.2) is 39.9 Å². The first-order valence-electron chi connectivity index (χ1n) is 10.9. The van der Waals surface area contributed by atoms with Crippen LogP contribution in [-0.2, 0) is 4.79 Å². The van der Waals surface area contributed by atoms with Crippen LogP contribution in [0.3, 0.4) is 0 Å². The van der Waals surface area contributed by atoms with Gasteiger partial charge in [0.15, 0.2) is 11.0 Å². The standard InChI is InChI=1S/C23H23N7O3S/c1-13-6-7-17(30(32)33)12-19(13)28-14(2)10-16(15(28)3)11-18-20(24)29-22(25-21(18)31)34-23(26-29)27-8-4-5-9-27/h6-7,10-12,24H,4-5,8-9H2,1-3H3/b18-11+,24-20?. The number of hydrogen-bond donors (Lipinski definition) is 1. The lowest BCUT2D eigenvalue weighted by molar-refractivity contribution is -0.384. The average molecular weight is 478 g/mol. The van der Waals surface area contributed by atoms with Gasteiger partial charge in [-0.25, -0.2) is 0 Å². The lowest BCUT2D eigenvalue weighted by Gasteiger charge is -2.20. The number of carbonyl (C=O) groups is 1. The van der Waals surface area contributed by atoms with E-state index in [-0.39, 0.29) is 17.1 Å². The van der Waals surface area contributed by atoms with Crippen molar-refractivity contribution in [1.82, 2.24) is 14.5 Å². The summed E-state index contributed by atoms with van der Waals surface area (Å²) in [7, 11) is 0. The smallest absolute Gasteiger partial charge is 0.283 e. The summed E-state index contributed by atoms with van der Waals surface area (Å²) < 4.78 is 1.93. The van der Waals surface area contributed by atoms with E-state index < -0.39 is 10.8 Å². The third-order valence-corrected chi connectivity index (χ3v) is 7.20. The topological polar surface area (TPSA) is 120 Å². The summed E-state index contributed by atoms with van der Waals surface area (Å²) in [4.78, 5) is 30.1. The molecule has 1 fully saturated rings. The Labute approximate surface area is 200 Å². The summed E-state index contributed by atoms with van der Waals surface area (Å²) >= 11 is 1.32. The molecule has 5 rings (SSSR count). The van der Waals surface area contributed by atoms with Gasteiger partial charge in [0.2, 0.25) is 5.17 Å². The van der Waals surface area contributed by atoms with Gasteiger partial charge >= 0.3 is 0 Å². The molecule has 1 amide bonds. The molecule has 11 heteroatoms. The minimum Gasteiger partial charge on any atom is -0.349 e. The average Bonchev–Trinajstić information content (AvgIpc) is 3.51. The number of nitrogens with zero attached hydrogens (tertiary/aromatic N) is 6. The van der Waals surface area contributed by atoms with E-state index in [9.17, 15) is 14.9 Å². The molecule has 1 aromatic heterocycles. The molecule has 2 aromatic rings. The Bertz CT molecular complexity index is 1350. The number of nitro benzene ring substituents is 1. The number of fused-ring (bicyclic) bond motifs is 1. The molecular weight excluding hydrogens is 454 g/mol. The Balaban J connectivity index is 1.52. The predicted octanol–water partition coefficient (Wildman–Crippen LogP) is 3.98. The predicted molar refractivity (Wildman–Crippen MR) is 132 cm³/mol. The van der Waals surface area contributed by atoms with Gasteiger partial charge in [-0.05, 0) is 68.6 Å². The molecule has 0 unspecified atom stereocenters. The van der Waals surface area contributed by atoms with Crippen LogP contribution in [0.1, 0.15) is 35.4 Å². The lowest BCUT2D eigenvalue weighted by Crippen LogP contribution is -2.35. The summed E-state index contributed by atoms with van der Waals surface area (Å²) in [5.41, 5.74) is 4.17. The van der Waals surface area contributed by atoms with Crippen molar-refractivity contribution in [2.75, 3.05) is 13.1 Å². The fourth-order valence-corrected chi connectivity index (χ4v) is 5.38. The quantitative estimate of drug-likeness (QED) is 0.406. The first kappa shape index (κ1) is 22.1.